The van der Waals surface area contributed by atoms with Crippen molar-refractivity contribution in [3.63, 3.8) is 0 Å². The maximum atomic E-state index is 12.8. The lowest BCUT2D eigenvalue weighted by Crippen LogP contribution is -2.35. The molecule has 0 radical (unpaired) electrons. The first-order chi connectivity index (χ1) is 11.2. The number of fused-ring (bicyclic) bond motifs is 1. The van der Waals surface area contributed by atoms with Crippen LogP contribution < -0.4 is 0 Å². The highest BCUT2D eigenvalue weighted by molar-refractivity contribution is 5.83. The van der Waals surface area contributed by atoms with Crippen LogP contribution in [0, 0.1) is 0 Å². The number of hydrogen-bond donors (Lipinski definition) is 0. The minimum atomic E-state index is 0.164. The number of rotatable bonds is 5. The molecule has 1 amide bonds. The van der Waals surface area contributed by atoms with Gasteiger partial charge in [-0.1, -0.05) is 18.2 Å². The van der Waals surface area contributed by atoms with E-state index in [1.54, 1.807) is 6.20 Å². The Bertz CT molecular complexity index is 843. The summed E-state index contributed by atoms with van der Waals surface area (Å²) in [6.45, 7) is 0.973. The Balaban J connectivity index is 1.55. The molecule has 0 N–H and O–H groups in total. The molecule has 0 saturated heterocycles. The number of carbonyl (C=O) groups excluding carboxylic acids is 1. The quantitative estimate of drug-likeness (QED) is 0.727. The molecule has 3 aromatic rings. The van der Waals surface area contributed by atoms with Crippen molar-refractivity contribution in [3.05, 3.63) is 54.7 Å². The van der Waals surface area contributed by atoms with E-state index >= 15 is 0 Å². The van der Waals surface area contributed by atoms with Crippen LogP contribution in [0.2, 0.25) is 0 Å². The first-order valence-corrected chi connectivity index (χ1v) is 8.02. The number of aromatic nitrogens is 3. The molecule has 5 heteroatoms. The minimum Gasteiger partial charge on any atom is -0.338 e. The van der Waals surface area contributed by atoms with Crippen LogP contribution in [0.15, 0.2) is 48.9 Å². The lowest BCUT2D eigenvalue weighted by Gasteiger charge is -2.22. The molecule has 1 aliphatic rings. The van der Waals surface area contributed by atoms with Crippen molar-refractivity contribution >= 4 is 16.8 Å². The van der Waals surface area contributed by atoms with Gasteiger partial charge in [0, 0.05) is 37.2 Å². The predicted molar refractivity (Wildman–Crippen MR) is 88.7 cm³/mol. The monoisotopic (exact) mass is 308 g/mol. The fourth-order valence-electron chi connectivity index (χ4n) is 3.02. The maximum Gasteiger partial charge on any atom is 0.243 e. The Morgan fingerprint density at radius 2 is 2.09 bits per heavy atom. The van der Waals surface area contributed by atoms with Gasteiger partial charge < -0.3 is 14.0 Å². The van der Waals surface area contributed by atoms with E-state index in [4.69, 9.17) is 0 Å². The molecule has 118 valence electrons. The summed E-state index contributed by atoms with van der Waals surface area (Å²) >= 11 is 0. The van der Waals surface area contributed by atoms with Crippen molar-refractivity contribution in [3.8, 4) is 0 Å². The molecular weight excluding hydrogens is 288 g/mol. The second kappa shape index (κ2) is 5.57. The molecule has 0 aliphatic heterocycles. The van der Waals surface area contributed by atoms with Gasteiger partial charge >= 0.3 is 0 Å². The van der Waals surface area contributed by atoms with E-state index in [2.05, 4.69) is 23.2 Å². The number of aryl methyl sites for hydroxylation is 1. The summed E-state index contributed by atoms with van der Waals surface area (Å²) in [5.41, 5.74) is 1.11. The highest BCUT2D eigenvalue weighted by Crippen LogP contribution is 2.28. The van der Waals surface area contributed by atoms with Crippen molar-refractivity contribution in [2.75, 3.05) is 0 Å². The van der Waals surface area contributed by atoms with Crippen molar-refractivity contribution < 1.29 is 4.79 Å². The fourth-order valence-corrected chi connectivity index (χ4v) is 3.02. The van der Waals surface area contributed by atoms with Crippen molar-refractivity contribution in [1.29, 1.82) is 0 Å². The Morgan fingerprint density at radius 3 is 2.83 bits per heavy atom. The molecule has 2 heterocycles. The van der Waals surface area contributed by atoms with Gasteiger partial charge in [-0.2, -0.15) is 0 Å². The van der Waals surface area contributed by atoms with Gasteiger partial charge in [-0.3, -0.25) is 4.79 Å². The highest BCUT2D eigenvalue weighted by Gasteiger charge is 2.33. The lowest BCUT2D eigenvalue weighted by molar-refractivity contribution is -0.133. The van der Waals surface area contributed by atoms with Gasteiger partial charge in [0.05, 0.1) is 6.54 Å². The molecule has 23 heavy (non-hydrogen) atoms. The summed E-state index contributed by atoms with van der Waals surface area (Å²) in [5, 5.41) is 1.17. The van der Waals surface area contributed by atoms with Crippen LogP contribution in [-0.4, -0.2) is 31.0 Å². The molecule has 1 aromatic carbocycles. The highest BCUT2D eigenvalue weighted by atomic mass is 16.2. The van der Waals surface area contributed by atoms with Crippen molar-refractivity contribution in [2.45, 2.75) is 32.0 Å². The Kier molecular flexibility index (Phi) is 3.41. The molecule has 0 spiro atoms. The van der Waals surface area contributed by atoms with E-state index in [9.17, 15) is 4.79 Å². The summed E-state index contributed by atoms with van der Waals surface area (Å²) in [6.07, 6.45) is 7.90. The minimum absolute atomic E-state index is 0.164. The smallest absolute Gasteiger partial charge is 0.243 e. The van der Waals surface area contributed by atoms with E-state index < -0.39 is 0 Å². The molecular formula is C18H20N4O. The molecule has 5 nitrogen and oxygen atoms in total. The van der Waals surface area contributed by atoms with Crippen LogP contribution >= 0.6 is 0 Å². The maximum absolute atomic E-state index is 12.8. The number of carbonyl (C=O) groups is 1. The molecule has 1 saturated carbocycles. The van der Waals surface area contributed by atoms with Crippen molar-refractivity contribution in [1.82, 2.24) is 19.0 Å². The van der Waals surface area contributed by atoms with Crippen LogP contribution in [-0.2, 0) is 24.9 Å². The zero-order chi connectivity index (χ0) is 15.8. The summed E-state index contributed by atoms with van der Waals surface area (Å²) in [6, 6.07) is 10.6. The molecule has 1 fully saturated rings. The third-order valence-electron chi connectivity index (χ3n) is 4.53. The zero-order valence-electron chi connectivity index (χ0n) is 13.2. The average Bonchev–Trinajstić information content (AvgIpc) is 3.20. The predicted octanol–water partition coefficient (Wildman–Crippen LogP) is 2.57. The number of hydrogen-bond acceptors (Lipinski definition) is 2. The Labute approximate surface area is 135 Å². The summed E-state index contributed by atoms with van der Waals surface area (Å²) < 4.78 is 4.01. The standard InChI is InChI=1S/C18H20N4O/c1-20-11-9-19-17(20)12-22(15-6-7-15)18(23)13-21-10-8-14-4-2-3-5-16(14)21/h2-5,8-11,15H,6-7,12-13H2,1H3. The molecule has 4 rings (SSSR count). The van der Waals surface area contributed by atoms with Crippen LogP contribution in [0.3, 0.4) is 0 Å². The van der Waals surface area contributed by atoms with Gasteiger partial charge in [0.1, 0.15) is 12.4 Å². The second-order valence-electron chi connectivity index (χ2n) is 6.21. The summed E-state index contributed by atoms with van der Waals surface area (Å²) in [4.78, 5) is 19.2. The number of nitrogens with zero attached hydrogens (tertiary/aromatic N) is 4. The first-order valence-electron chi connectivity index (χ1n) is 8.02. The summed E-state index contributed by atoms with van der Waals surface area (Å²) in [5.74, 6) is 1.10. The lowest BCUT2D eigenvalue weighted by atomic mass is 10.2. The van der Waals surface area contributed by atoms with Crippen LogP contribution in [0.5, 0.6) is 0 Å². The van der Waals surface area contributed by atoms with Gasteiger partial charge in [-0.05, 0) is 30.4 Å². The zero-order valence-corrected chi connectivity index (χ0v) is 13.2. The Morgan fingerprint density at radius 1 is 1.26 bits per heavy atom. The number of benzene rings is 1. The van der Waals surface area contributed by atoms with Gasteiger partial charge in [0.15, 0.2) is 0 Å². The molecule has 2 aromatic heterocycles. The fraction of sp³-hybridized carbons (Fsp3) is 0.333. The summed E-state index contributed by atoms with van der Waals surface area (Å²) in [7, 11) is 1.97. The number of amides is 1. The van der Waals surface area contributed by atoms with E-state index in [0.717, 1.165) is 24.2 Å². The van der Waals surface area contributed by atoms with Crippen molar-refractivity contribution in [2.24, 2.45) is 7.05 Å². The van der Waals surface area contributed by atoms with E-state index in [1.165, 1.54) is 5.39 Å². The normalized spacial score (nSPS) is 14.3. The largest absolute Gasteiger partial charge is 0.338 e. The van der Waals surface area contributed by atoms with Gasteiger partial charge in [-0.25, -0.2) is 4.98 Å². The van der Waals surface area contributed by atoms with Gasteiger partial charge in [0.2, 0.25) is 5.91 Å². The SMILES string of the molecule is Cn1ccnc1CN(C(=O)Cn1ccc2ccccc21)C1CC1. The van der Waals surface area contributed by atoms with Crippen LogP contribution in [0.4, 0.5) is 0 Å². The van der Waals surface area contributed by atoms with Gasteiger partial charge in [-0.15, -0.1) is 0 Å². The second-order valence-corrected chi connectivity index (χ2v) is 6.21. The third-order valence-corrected chi connectivity index (χ3v) is 4.53. The first kappa shape index (κ1) is 14.1. The molecule has 1 aliphatic carbocycles. The topological polar surface area (TPSA) is 43.1 Å². The van der Waals surface area contributed by atoms with E-state index in [-0.39, 0.29) is 5.91 Å². The third kappa shape index (κ3) is 2.74. The van der Waals surface area contributed by atoms with E-state index in [0.29, 0.717) is 19.1 Å². The number of imidazole rings is 1. The van der Waals surface area contributed by atoms with Crippen LogP contribution in [0.25, 0.3) is 10.9 Å². The van der Waals surface area contributed by atoms with Gasteiger partial charge in [0.25, 0.3) is 0 Å². The molecule has 0 unspecified atom stereocenters. The van der Waals surface area contributed by atoms with E-state index in [1.807, 2.05) is 45.6 Å². The molecule has 0 bridgehead atoms. The number of para-hydroxylation sites is 1. The van der Waals surface area contributed by atoms with Crippen LogP contribution in [0.1, 0.15) is 18.7 Å². The molecule has 0 atom stereocenters. The Hall–Kier alpha value is -2.56. The average molecular weight is 308 g/mol.